The van der Waals surface area contributed by atoms with Gasteiger partial charge >= 0.3 is 0 Å². The maximum absolute atomic E-state index is 10.2. The van der Waals surface area contributed by atoms with E-state index in [0.29, 0.717) is 6.54 Å². The van der Waals surface area contributed by atoms with Gasteiger partial charge in [-0.1, -0.05) is 48.0 Å². The lowest BCUT2D eigenvalue weighted by Crippen LogP contribution is -2.21. The summed E-state index contributed by atoms with van der Waals surface area (Å²) in [6.07, 6.45) is 1.66. The molecule has 2 nitrogen and oxygen atoms in total. The molecule has 0 saturated carbocycles. The average Bonchev–Trinajstić information content (AvgIpc) is 2.42. The van der Waals surface area contributed by atoms with Crippen LogP contribution in [0.2, 0.25) is 0 Å². The number of benzene rings is 2. The van der Waals surface area contributed by atoms with Crippen LogP contribution >= 0.6 is 0 Å². The number of nitrogens with one attached hydrogen (secondary N) is 1. The van der Waals surface area contributed by atoms with Crippen LogP contribution in [-0.4, -0.2) is 18.2 Å². The number of fused-ring (bicyclic) bond motifs is 1. The van der Waals surface area contributed by atoms with Gasteiger partial charge in [0.1, 0.15) is 0 Å². The summed E-state index contributed by atoms with van der Waals surface area (Å²) in [4.78, 5) is 0. The molecule has 0 fully saturated rings. The second-order valence-electron chi connectivity index (χ2n) is 5.06. The first-order valence-electron chi connectivity index (χ1n) is 6.67. The molecule has 0 spiro atoms. The number of rotatable bonds is 5. The highest BCUT2D eigenvalue weighted by Crippen LogP contribution is 2.19. The van der Waals surface area contributed by atoms with Crippen LogP contribution in [0, 0.1) is 0 Å². The predicted octanol–water partition coefficient (Wildman–Crippen LogP) is 3.43. The topological polar surface area (TPSA) is 32.3 Å². The Morgan fingerprint density at radius 2 is 1.89 bits per heavy atom. The molecule has 0 aliphatic carbocycles. The SMILES string of the molecule is CC(C)=CCNCC(O)c1ccc2ccccc2c1. The first-order chi connectivity index (χ1) is 9.16. The van der Waals surface area contributed by atoms with Crippen LogP contribution in [0.5, 0.6) is 0 Å². The lowest BCUT2D eigenvalue weighted by atomic mass is 10.0. The Labute approximate surface area is 114 Å². The molecule has 0 aromatic heterocycles. The van der Waals surface area contributed by atoms with E-state index in [1.54, 1.807) is 0 Å². The molecule has 0 amide bonds. The number of hydrogen-bond acceptors (Lipinski definition) is 2. The normalized spacial score (nSPS) is 12.4. The fraction of sp³-hybridized carbons (Fsp3) is 0.294. The summed E-state index contributed by atoms with van der Waals surface area (Å²) in [5.41, 5.74) is 2.25. The van der Waals surface area contributed by atoms with Gasteiger partial charge in [-0.25, -0.2) is 0 Å². The maximum atomic E-state index is 10.2. The largest absolute Gasteiger partial charge is 0.387 e. The molecule has 0 aliphatic rings. The van der Waals surface area contributed by atoms with Crippen molar-refractivity contribution in [3.05, 3.63) is 59.7 Å². The standard InChI is InChI=1S/C17H21NO/c1-13(2)9-10-18-12-17(19)16-8-7-14-5-3-4-6-15(14)11-16/h3-9,11,17-19H,10,12H2,1-2H3. The third-order valence-electron chi connectivity index (χ3n) is 3.15. The first kappa shape index (κ1) is 13.8. The summed E-state index contributed by atoms with van der Waals surface area (Å²) >= 11 is 0. The van der Waals surface area contributed by atoms with Gasteiger partial charge in [0.05, 0.1) is 6.10 Å². The molecule has 2 rings (SSSR count). The van der Waals surface area contributed by atoms with Gasteiger partial charge in [-0.3, -0.25) is 0 Å². The van der Waals surface area contributed by atoms with E-state index in [1.165, 1.54) is 16.3 Å². The Balaban J connectivity index is 2.00. The van der Waals surface area contributed by atoms with Gasteiger partial charge < -0.3 is 10.4 Å². The van der Waals surface area contributed by atoms with Crippen molar-refractivity contribution in [3.63, 3.8) is 0 Å². The molecule has 1 atom stereocenters. The van der Waals surface area contributed by atoms with Crippen LogP contribution < -0.4 is 5.32 Å². The second-order valence-corrected chi connectivity index (χ2v) is 5.06. The Kier molecular flexibility index (Phi) is 4.72. The molecule has 2 heteroatoms. The quantitative estimate of drug-likeness (QED) is 0.633. The summed E-state index contributed by atoms with van der Waals surface area (Å²) in [6, 6.07) is 14.3. The van der Waals surface area contributed by atoms with Crippen LogP contribution in [0.4, 0.5) is 0 Å². The monoisotopic (exact) mass is 255 g/mol. The van der Waals surface area contributed by atoms with Crippen molar-refractivity contribution in [2.45, 2.75) is 20.0 Å². The molecule has 0 radical (unpaired) electrons. The van der Waals surface area contributed by atoms with E-state index in [9.17, 15) is 5.11 Å². The number of aliphatic hydroxyl groups excluding tert-OH is 1. The van der Waals surface area contributed by atoms with Gasteiger partial charge in [0.2, 0.25) is 0 Å². The highest BCUT2D eigenvalue weighted by atomic mass is 16.3. The van der Waals surface area contributed by atoms with Gasteiger partial charge in [-0.2, -0.15) is 0 Å². The molecule has 0 aliphatic heterocycles. The van der Waals surface area contributed by atoms with Crippen molar-refractivity contribution < 1.29 is 5.11 Å². The third-order valence-corrected chi connectivity index (χ3v) is 3.15. The van der Waals surface area contributed by atoms with E-state index in [0.717, 1.165) is 12.1 Å². The molecule has 2 aromatic carbocycles. The van der Waals surface area contributed by atoms with E-state index in [1.807, 2.05) is 18.2 Å². The van der Waals surface area contributed by atoms with E-state index in [4.69, 9.17) is 0 Å². The fourth-order valence-electron chi connectivity index (χ4n) is 2.03. The molecule has 0 saturated heterocycles. The zero-order valence-electron chi connectivity index (χ0n) is 11.6. The summed E-state index contributed by atoms with van der Waals surface area (Å²) in [5.74, 6) is 0. The predicted molar refractivity (Wildman–Crippen MR) is 81.2 cm³/mol. The maximum Gasteiger partial charge on any atom is 0.0914 e. The van der Waals surface area contributed by atoms with Crippen molar-refractivity contribution in [3.8, 4) is 0 Å². The molecule has 2 aromatic rings. The molecular formula is C17H21NO. The van der Waals surface area contributed by atoms with Gasteiger partial charge in [-0.05, 0) is 36.2 Å². The van der Waals surface area contributed by atoms with Crippen LogP contribution in [0.3, 0.4) is 0 Å². The number of allylic oxidation sites excluding steroid dienone is 1. The number of hydrogen-bond donors (Lipinski definition) is 2. The van der Waals surface area contributed by atoms with Crippen LogP contribution in [0.15, 0.2) is 54.1 Å². The summed E-state index contributed by atoms with van der Waals surface area (Å²) in [7, 11) is 0. The zero-order chi connectivity index (χ0) is 13.7. The van der Waals surface area contributed by atoms with Gasteiger partial charge in [0.15, 0.2) is 0 Å². The van der Waals surface area contributed by atoms with Crippen molar-refractivity contribution in [1.82, 2.24) is 5.32 Å². The molecule has 0 heterocycles. The summed E-state index contributed by atoms with van der Waals surface area (Å²) in [5, 5.41) is 15.8. The van der Waals surface area contributed by atoms with Crippen molar-refractivity contribution in [1.29, 1.82) is 0 Å². The minimum atomic E-state index is -0.463. The molecule has 2 N–H and O–H groups in total. The summed E-state index contributed by atoms with van der Waals surface area (Å²) in [6.45, 7) is 5.51. The summed E-state index contributed by atoms with van der Waals surface area (Å²) < 4.78 is 0. The van der Waals surface area contributed by atoms with Gasteiger partial charge in [0.25, 0.3) is 0 Å². The third kappa shape index (κ3) is 3.91. The lowest BCUT2D eigenvalue weighted by molar-refractivity contribution is 0.176. The Bertz CT molecular complexity index is 570. The second kappa shape index (κ2) is 6.50. The Morgan fingerprint density at radius 1 is 1.16 bits per heavy atom. The molecule has 1 unspecified atom stereocenters. The van der Waals surface area contributed by atoms with E-state index >= 15 is 0 Å². The molecule has 0 bridgehead atoms. The molecule has 100 valence electrons. The average molecular weight is 255 g/mol. The van der Waals surface area contributed by atoms with Crippen LogP contribution in [0.1, 0.15) is 25.5 Å². The van der Waals surface area contributed by atoms with Crippen molar-refractivity contribution in [2.24, 2.45) is 0 Å². The molecular weight excluding hydrogens is 234 g/mol. The van der Waals surface area contributed by atoms with Gasteiger partial charge in [0, 0.05) is 13.1 Å². The van der Waals surface area contributed by atoms with Gasteiger partial charge in [-0.15, -0.1) is 0 Å². The zero-order valence-corrected chi connectivity index (χ0v) is 11.6. The van der Waals surface area contributed by atoms with Crippen molar-refractivity contribution in [2.75, 3.05) is 13.1 Å². The first-order valence-corrected chi connectivity index (χ1v) is 6.67. The van der Waals surface area contributed by atoms with Crippen LogP contribution in [-0.2, 0) is 0 Å². The lowest BCUT2D eigenvalue weighted by Gasteiger charge is -2.12. The smallest absolute Gasteiger partial charge is 0.0914 e. The van der Waals surface area contributed by atoms with Crippen molar-refractivity contribution >= 4 is 10.8 Å². The number of aliphatic hydroxyl groups is 1. The highest BCUT2D eigenvalue weighted by Gasteiger charge is 2.06. The highest BCUT2D eigenvalue weighted by molar-refractivity contribution is 5.83. The molecule has 19 heavy (non-hydrogen) atoms. The Hall–Kier alpha value is -1.64. The fourth-order valence-corrected chi connectivity index (χ4v) is 2.03. The van der Waals surface area contributed by atoms with E-state index < -0.39 is 6.10 Å². The minimum Gasteiger partial charge on any atom is -0.387 e. The Morgan fingerprint density at radius 3 is 2.63 bits per heavy atom. The van der Waals surface area contributed by atoms with E-state index in [2.05, 4.69) is 49.5 Å². The van der Waals surface area contributed by atoms with E-state index in [-0.39, 0.29) is 0 Å². The van der Waals surface area contributed by atoms with Crippen LogP contribution in [0.25, 0.3) is 10.8 Å². The minimum absolute atomic E-state index is 0.463.